The van der Waals surface area contributed by atoms with Crippen LogP contribution in [0.2, 0.25) is 0 Å². The van der Waals surface area contributed by atoms with Gasteiger partial charge in [-0.05, 0) is 17.0 Å². The molecule has 0 N–H and O–H groups in total. The van der Waals surface area contributed by atoms with Crippen LogP contribution in [0.25, 0.3) is 0 Å². The summed E-state index contributed by atoms with van der Waals surface area (Å²) in [4.78, 5) is 14.6. The highest BCUT2D eigenvalue weighted by Gasteiger charge is 2.40. The summed E-state index contributed by atoms with van der Waals surface area (Å²) in [5, 5.41) is 0. The van der Waals surface area contributed by atoms with E-state index in [0.717, 1.165) is 6.26 Å². The van der Waals surface area contributed by atoms with Gasteiger partial charge in [0.1, 0.15) is 0 Å². The molecule has 0 radical (unpaired) electrons. The van der Waals surface area contributed by atoms with Gasteiger partial charge in [-0.3, -0.25) is 4.79 Å². The van der Waals surface area contributed by atoms with Crippen molar-refractivity contribution in [3.05, 3.63) is 29.8 Å². The highest BCUT2D eigenvalue weighted by Crippen LogP contribution is 2.29. The number of hydrogen-bond acceptors (Lipinski definition) is 5. The van der Waals surface area contributed by atoms with Crippen LogP contribution < -0.4 is 0 Å². The van der Waals surface area contributed by atoms with Crippen molar-refractivity contribution in [1.82, 2.24) is 4.90 Å². The lowest BCUT2D eigenvalue weighted by Gasteiger charge is -2.43. The molecule has 1 saturated heterocycles. The van der Waals surface area contributed by atoms with Crippen molar-refractivity contribution in [1.29, 1.82) is 0 Å². The molecule has 1 unspecified atom stereocenters. The Balaban J connectivity index is 2.32. The first kappa shape index (κ1) is 19.9. The number of rotatable bonds is 3. The van der Waals surface area contributed by atoms with Gasteiger partial charge in [-0.25, -0.2) is 16.8 Å². The Morgan fingerprint density at radius 1 is 1.24 bits per heavy atom. The minimum Gasteiger partial charge on any atom is -0.337 e. The molecule has 8 heteroatoms. The first-order valence-corrected chi connectivity index (χ1v) is 11.8. The first-order valence-electron chi connectivity index (χ1n) is 8.09. The Bertz CT molecular complexity index is 867. The Kier molecular flexibility index (Phi) is 5.35. The van der Waals surface area contributed by atoms with Crippen molar-refractivity contribution in [2.24, 2.45) is 5.41 Å². The molecule has 1 atom stereocenters. The van der Waals surface area contributed by atoms with Crippen molar-refractivity contribution in [2.45, 2.75) is 38.1 Å². The van der Waals surface area contributed by atoms with Gasteiger partial charge in [-0.1, -0.05) is 39.0 Å². The fraction of sp³-hybridized carbons (Fsp3) is 0.588. The van der Waals surface area contributed by atoms with Gasteiger partial charge in [0.2, 0.25) is 5.91 Å². The maximum atomic E-state index is 12.9. The molecule has 0 bridgehead atoms. The molecular weight excluding hydrogens is 362 g/mol. The van der Waals surface area contributed by atoms with Crippen molar-refractivity contribution < 1.29 is 21.6 Å². The van der Waals surface area contributed by atoms with Crippen LogP contribution in [0.4, 0.5) is 0 Å². The second-order valence-corrected chi connectivity index (χ2v) is 11.9. The summed E-state index contributed by atoms with van der Waals surface area (Å²) in [6, 6.07) is 6.00. The van der Waals surface area contributed by atoms with Gasteiger partial charge < -0.3 is 4.90 Å². The normalized spacial score (nSPS) is 21.1. The molecule has 0 aliphatic carbocycles. The van der Waals surface area contributed by atoms with E-state index in [9.17, 15) is 21.6 Å². The summed E-state index contributed by atoms with van der Waals surface area (Å²) < 4.78 is 47.8. The Morgan fingerprint density at radius 2 is 1.84 bits per heavy atom. The highest BCUT2D eigenvalue weighted by atomic mass is 32.2. The van der Waals surface area contributed by atoms with Gasteiger partial charge in [0.05, 0.1) is 28.9 Å². The predicted molar refractivity (Wildman–Crippen MR) is 96.9 cm³/mol. The van der Waals surface area contributed by atoms with Gasteiger partial charge in [0.25, 0.3) is 0 Å². The summed E-state index contributed by atoms with van der Waals surface area (Å²) in [5.41, 5.74) is 0.0514. The average Bonchev–Trinajstić information content (AvgIpc) is 2.44. The van der Waals surface area contributed by atoms with Gasteiger partial charge >= 0.3 is 0 Å². The van der Waals surface area contributed by atoms with E-state index in [4.69, 9.17) is 0 Å². The first-order chi connectivity index (χ1) is 11.3. The van der Waals surface area contributed by atoms with Crippen LogP contribution in [0.1, 0.15) is 26.3 Å². The van der Waals surface area contributed by atoms with Crippen molar-refractivity contribution in [3.8, 4) is 0 Å². The average molecular weight is 388 g/mol. The Hall–Kier alpha value is -1.41. The SMILES string of the molecule is CC(C)(C)C1CS(=O)(=O)CCN1C(=O)Cc1ccccc1S(C)(=O)=O. The van der Waals surface area contributed by atoms with Crippen LogP contribution in [0.15, 0.2) is 29.2 Å². The van der Waals surface area contributed by atoms with Crippen molar-refractivity contribution >= 4 is 25.6 Å². The molecule has 1 aromatic carbocycles. The largest absolute Gasteiger partial charge is 0.337 e. The number of carbonyl (C=O) groups is 1. The van der Waals surface area contributed by atoms with E-state index in [1.165, 1.54) is 6.07 Å². The summed E-state index contributed by atoms with van der Waals surface area (Å²) in [7, 11) is -6.61. The zero-order valence-corrected chi connectivity index (χ0v) is 16.7. The van der Waals surface area contributed by atoms with Crippen LogP contribution in [0.5, 0.6) is 0 Å². The quantitative estimate of drug-likeness (QED) is 0.780. The van der Waals surface area contributed by atoms with E-state index in [-0.39, 0.29) is 40.7 Å². The Labute approximate surface area is 150 Å². The summed E-state index contributed by atoms with van der Waals surface area (Å²) in [6.07, 6.45) is 1.05. The fourth-order valence-corrected chi connectivity index (χ4v) is 5.84. The summed E-state index contributed by atoms with van der Waals surface area (Å²) >= 11 is 0. The third-order valence-corrected chi connectivity index (χ3v) is 7.29. The minimum atomic E-state index is -3.44. The summed E-state index contributed by atoms with van der Waals surface area (Å²) in [6.45, 7) is 5.86. The lowest BCUT2D eigenvalue weighted by atomic mass is 9.86. The van der Waals surface area contributed by atoms with Gasteiger partial charge in [-0.15, -0.1) is 0 Å². The van der Waals surface area contributed by atoms with Crippen LogP contribution in [-0.4, -0.2) is 58.0 Å². The van der Waals surface area contributed by atoms with Crippen LogP contribution in [-0.2, 0) is 30.9 Å². The monoisotopic (exact) mass is 387 g/mol. The maximum Gasteiger partial charge on any atom is 0.227 e. The maximum absolute atomic E-state index is 12.9. The molecule has 25 heavy (non-hydrogen) atoms. The van der Waals surface area contributed by atoms with E-state index >= 15 is 0 Å². The molecule has 2 rings (SSSR count). The molecule has 1 amide bonds. The van der Waals surface area contributed by atoms with Gasteiger partial charge in [0, 0.05) is 12.8 Å². The molecular formula is C17H25NO5S2. The standard InChI is InChI=1S/C17H25NO5S2/c1-17(2,3)15-12-25(22,23)10-9-18(15)16(19)11-13-7-5-6-8-14(13)24(4,20)21/h5-8,15H,9-12H2,1-4H3. The smallest absolute Gasteiger partial charge is 0.227 e. The summed E-state index contributed by atoms with van der Waals surface area (Å²) in [5.74, 6) is -0.361. The van der Waals surface area contributed by atoms with Crippen molar-refractivity contribution in [3.63, 3.8) is 0 Å². The van der Waals surface area contributed by atoms with Crippen LogP contribution >= 0.6 is 0 Å². The molecule has 1 heterocycles. The molecule has 0 spiro atoms. The van der Waals surface area contributed by atoms with E-state index < -0.39 is 25.7 Å². The molecule has 1 fully saturated rings. The number of nitrogens with zero attached hydrogens (tertiary/aromatic N) is 1. The zero-order valence-electron chi connectivity index (χ0n) is 15.0. The number of carbonyl (C=O) groups excluding carboxylic acids is 1. The lowest BCUT2D eigenvalue weighted by molar-refractivity contribution is -0.134. The fourth-order valence-electron chi connectivity index (χ4n) is 3.10. The minimum absolute atomic E-state index is 0.0565. The van der Waals surface area contributed by atoms with E-state index in [1.807, 2.05) is 20.8 Å². The zero-order chi connectivity index (χ0) is 19.0. The lowest BCUT2D eigenvalue weighted by Crippen LogP contribution is -2.56. The Morgan fingerprint density at radius 3 is 2.40 bits per heavy atom. The van der Waals surface area contributed by atoms with Crippen LogP contribution in [0.3, 0.4) is 0 Å². The van der Waals surface area contributed by atoms with E-state index in [2.05, 4.69) is 0 Å². The molecule has 6 nitrogen and oxygen atoms in total. The highest BCUT2D eigenvalue weighted by molar-refractivity contribution is 7.91. The van der Waals surface area contributed by atoms with Gasteiger partial charge in [-0.2, -0.15) is 0 Å². The van der Waals surface area contributed by atoms with Crippen molar-refractivity contribution in [2.75, 3.05) is 24.3 Å². The molecule has 1 aromatic rings. The number of sulfone groups is 2. The molecule has 140 valence electrons. The molecule has 1 aliphatic rings. The topological polar surface area (TPSA) is 88.6 Å². The molecule has 0 saturated carbocycles. The second-order valence-electron chi connectivity index (χ2n) is 7.64. The molecule has 0 aromatic heterocycles. The van der Waals surface area contributed by atoms with Gasteiger partial charge in [0.15, 0.2) is 19.7 Å². The predicted octanol–water partition coefficient (Wildman–Crippen LogP) is 1.30. The number of benzene rings is 1. The van der Waals surface area contributed by atoms with E-state index in [0.29, 0.717) is 5.56 Å². The number of hydrogen-bond donors (Lipinski definition) is 0. The van der Waals surface area contributed by atoms with E-state index in [1.54, 1.807) is 23.1 Å². The third kappa shape index (κ3) is 4.82. The molecule has 1 aliphatic heterocycles. The second kappa shape index (κ2) is 6.72. The van der Waals surface area contributed by atoms with Crippen LogP contribution in [0, 0.1) is 5.41 Å². The number of amides is 1. The third-order valence-electron chi connectivity index (χ3n) is 4.46.